The van der Waals surface area contributed by atoms with Gasteiger partial charge in [0.15, 0.2) is 19.8 Å². The van der Waals surface area contributed by atoms with E-state index in [1.54, 1.807) is 37.3 Å². The molecule has 2 rings (SSSR count). The Hall–Kier alpha value is -2.30. The lowest BCUT2D eigenvalue weighted by atomic mass is 9.95. The largest absolute Gasteiger partial charge is 0.493 e. The van der Waals surface area contributed by atoms with E-state index in [4.69, 9.17) is 23.4 Å². The minimum atomic E-state index is -2.01. The van der Waals surface area contributed by atoms with Gasteiger partial charge in [-0.25, -0.2) is 4.79 Å². The zero-order valence-corrected chi connectivity index (χ0v) is 29.2. The molecule has 0 unspecified atom stereocenters. The highest BCUT2D eigenvalue weighted by molar-refractivity contribution is 6.74. The van der Waals surface area contributed by atoms with Crippen molar-refractivity contribution in [2.45, 2.75) is 91.6 Å². The number of carbonyl (C=O) groups is 2. The molecule has 0 aliphatic carbocycles. The lowest BCUT2D eigenvalue weighted by Crippen LogP contribution is -2.45. The highest BCUT2D eigenvalue weighted by Gasteiger charge is 2.42. The van der Waals surface area contributed by atoms with Crippen molar-refractivity contribution < 1.29 is 33.0 Å². The summed E-state index contributed by atoms with van der Waals surface area (Å²) < 4.78 is 28.9. The SMILES string of the molecule is COCCCOc1cc(C(=O)N(C[C@@H]2CN(C(=O)OC(C)(C)C)C[C@H]2CO[Si](C)(C)C(C)(C)C)C(C)C)ccc1OC. The van der Waals surface area contributed by atoms with E-state index in [2.05, 4.69) is 33.9 Å². The fourth-order valence-corrected chi connectivity index (χ4v) is 5.66. The Balaban J connectivity index is 2.30. The van der Waals surface area contributed by atoms with Crippen molar-refractivity contribution in [1.82, 2.24) is 9.80 Å². The van der Waals surface area contributed by atoms with Crippen molar-refractivity contribution in [1.29, 1.82) is 0 Å². The van der Waals surface area contributed by atoms with Crippen LogP contribution in [0.25, 0.3) is 0 Å². The number of likely N-dealkylation sites (tertiary alicyclic amines) is 1. The zero-order valence-electron chi connectivity index (χ0n) is 28.2. The molecule has 2 atom stereocenters. The second kappa shape index (κ2) is 14.9. The van der Waals surface area contributed by atoms with Crippen LogP contribution in [0.15, 0.2) is 18.2 Å². The number of rotatable bonds is 13. The molecule has 1 aliphatic heterocycles. The van der Waals surface area contributed by atoms with Crippen molar-refractivity contribution in [3.8, 4) is 11.5 Å². The van der Waals surface area contributed by atoms with Crippen LogP contribution in [0.1, 0.15) is 72.2 Å². The van der Waals surface area contributed by atoms with E-state index in [-0.39, 0.29) is 34.9 Å². The molecular formula is C32H56N2O7Si. The summed E-state index contributed by atoms with van der Waals surface area (Å²) in [6, 6.07) is 5.25. The maximum Gasteiger partial charge on any atom is 0.410 e. The maximum atomic E-state index is 13.9. The fraction of sp³-hybridized carbons (Fsp3) is 0.750. The number of hydrogen-bond donors (Lipinski definition) is 0. The van der Waals surface area contributed by atoms with Crippen LogP contribution in [0, 0.1) is 11.8 Å². The van der Waals surface area contributed by atoms with Crippen LogP contribution in [0.2, 0.25) is 18.1 Å². The van der Waals surface area contributed by atoms with Crippen LogP contribution < -0.4 is 9.47 Å². The molecule has 0 bridgehead atoms. The molecule has 0 spiro atoms. The molecular weight excluding hydrogens is 552 g/mol. The summed E-state index contributed by atoms with van der Waals surface area (Å²) in [5.41, 5.74) is -0.0535. The number of hydrogen-bond acceptors (Lipinski definition) is 7. The van der Waals surface area contributed by atoms with E-state index >= 15 is 0 Å². The van der Waals surface area contributed by atoms with Gasteiger partial charge in [0.25, 0.3) is 5.91 Å². The van der Waals surface area contributed by atoms with E-state index < -0.39 is 13.9 Å². The fourth-order valence-electron chi connectivity index (χ4n) is 4.60. The number of benzene rings is 1. The predicted octanol–water partition coefficient (Wildman–Crippen LogP) is 6.47. The van der Waals surface area contributed by atoms with Crippen molar-refractivity contribution in [3.05, 3.63) is 23.8 Å². The molecule has 0 aromatic heterocycles. The average molecular weight is 609 g/mol. The van der Waals surface area contributed by atoms with Crippen LogP contribution in [-0.4, -0.2) is 95.4 Å². The van der Waals surface area contributed by atoms with Gasteiger partial charge in [-0.2, -0.15) is 0 Å². The quantitative estimate of drug-likeness (QED) is 0.187. The molecule has 240 valence electrons. The Morgan fingerprint density at radius 2 is 1.64 bits per heavy atom. The molecule has 1 aliphatic rings. The van der Waals surface area contributed by atoms with Gasteiger partial charge in [0, 0.05) is 69.8 Å². The Bertz CT molecular complexity index is 1030. The number of ether oxygens (including phenoxy) is 4. The summed E-state index contributed by atoms with van der Waals surface area (Å²) in [4.78, 5) is 30.7. The minimum absolute atomic E-state index is 0.0386. The molecule has 1 heterocycles. The summed E-state index contributed by atoms with van der Waals surface area (Å²) in [6.07, 6.45) is 0.402. The van der Waals surface area contributed by atoms with Gasteiger partial charge in [0.1, 0.15) is 5.60 Å². The van der Waals surface area contributed by atoms with Gasteiger partial charge in [-0.1, -0.05) is 20.8 Å². The van der Waals surface area contributed by atoms with E-state index in [0.717, 1.165) is 6.42 Å². The molecule has 2 amide bonds. The van der Waals surface area contributed by atoms with Gasteiger partial charge in [0.05, 0.1) is 13.7 Å². The molecule has 10 heteroatoms. The number of amides is 2. The molecule has 42 heavy (non-hydrogen) atoms. The highest BCUT2D eigenvalue weighted by atomic mass is 28.4. The van der Waals surface area contributed by atoms with Gasteiger partial charge >= 0.3 is 6.09 Å². The third kappa shape index (κ3) is 10.2. The summed E-state index contributed by atoms with van der Waals surface area (Å²) in [6.45, 7) is 23.9. The predicted molar refractivity (Wildman–Crippen MR) is 169 cm³/mol. The van der Waals surface area contributed by atoms with Crippen LogP contribution in [-0.2, 0) is 13.9 Å². The smallest absolute Gasteiger partial charge is 0.410 e. The lowest BCUT2D eigenvalue weighted by molar-refractivity contribution is 0.0280. The first-order chi connectivity index (χ1) is 19.4. The number of nitrogens with zero attached hydrogens (tertiary/aromatic N) is 2. The van der Waals surface area contributed by atoms with Crippen LogP contribution >= 0.6 is 0 Å². The molecule has 1 saturated heterocycles. The Morgan fingerprint density at radius 3 is 2.19 bits per heavy atom. The average Bonchev–Trinajstić information content (AvgIpc) is 3.29. The first kappa shape index (κ1) is 35.9. The van der Waals surface area contributed by atoms with Gasteiger partial charge in [0.2, 0.25) is 0 Å². The van der Waals surface area contributed by atoms with E-state index in [1.807, 2.05) is 39.5 Å². The van der Waals surface area contributed by atoms with Gasteiger partial charge in [-0.3, -0.25) is 4.79 Å². The first-order valence-electron chi connectivity index (χ1n) is 15.1. The van der Waals surface area contributed by atoms with Gasteiger partial charge < -0.3 is 33.2 Å². The summed E-state index contributed by atoms with van der Waals surface area (Å²) >= 11 is 0. The summed E-state index contributed by atoms with van der Waals surface area (Å²) in [5, 5.41) is 0.0730. The number of carbonyl (C=O) groups excluding carboxylic acids is 2. The molecule has 9 nitrogen and oxygen atoms in total. The standard InChI is InChI=1S/C32H56N2O7Si/c1-23(2)34(29(35)24-14-15-27(38-10)28(18-24)39-17-13-16-37-9)21-25-19-33(30(36)41-31(3,4)5)20-26(25)22-40-42(11,12)32(6,7)8/h14-15,18,23,25-26H,13,16-17,19-22H2,1-12H3/t25-,26-/m0/s1. The van der Waals surface area contributed by atoms with Crippen molar-refractivity contribution in [2.75, 3.05) is 53.7 Å². The van der Waals surface area contributed by atoms with Crippen LogP contribution in [0.3, 0.4) is 0 Å². The molecule has 1 aromatic carbocycles. The van der Waals surface area contributed by atoms with E-state index in [9.17, 15) is 9.59 Å². The third-order valence-electron chi connectivity index (χ3n) is 8.17. The van der Waals surface area contributed by atoms with Crippen LogP contribution in [0.4, 0.5) is 4.79 Å². The Morgan fingerprint density at radius 1 is 1.00 bits per heavy atom. The maximum absolute atomic E-state index is 13.9. The number of methoxy groups -OCH3 is 2. The van der Waals surface area contributed by atoms with Crippen molar-refractivity contribution in [2.24, 2.45) is 11.8 Å². The first-order valence-corrected chi connectivity index (χ1v) is 18.0. The molecule has 1 fully saturated rings. The monoisotopic (exact) mass is 608 g/mol. The van der Waals surface area contributed by atoms with Crippen molar-refractivity contribution in [3.63, 3.8) is 0 Å². The molecule has 0 N–H and O–H groups in total. The highest BCUT2D eigenvalue weighted by Crippen LogP contribution is 2.38. The normalized spacial score (nSPS) is 17.9. The van der Waals surface area contributed by atoms with E-state index in [1.165, 1.54) is 0 Å². The third-order valence-corrected chi connectivity index (χ3v) is 12.7. The second-order valence-corrected chi connectivity index (χ2v) is 18.9. The molecule has 1 aromatic rings. The zero-order chi connectivity index (χ0) is 31.9. The van der Waals surface area contributed by atoms with Gasteiger partial charge in [-0.15, -0.1) is 0 Å². The van der Waals surface area contributed by atoms with Crippen molar-refractivity contribution >= 4 is 20.3 Å². The van der Waals surface area contributed by atoms with Gasteiger partial charge in [-0.05, 0) is 71.0 Å². The minimum Gasteiger partial charge on any atom is -0.493 e. The van der Waals surface area contributed by atoms with Crippen LogP contribution in [0.5, 0.6) is 11.5 Å². The topological polar surface area (TPSA) is 86.8 Å². The summed E-state index contributed by atoms with van der Waals surface area (Å²) in [7, 11) is 1.23. The molecule has 0 radical (unpaired) electrons. The Kier molecular flexibility index (Phi) is 12.8. The molecule has 0 saturated carbocycles. The second-order valence-electron chi connectivity index (χ2n) is 14.1. The Labute approximate surface area is 255 Å². The lowest BCUT2D eigenvalue weighted by Gasteiger charge is -2.38. The summed E-state index contributed by atoms with van der Waals surface area (Å²) in [5.74, 6) is 1.13. The van der Waals surface area contributed by atoms with E-state index in [0.29, 0.717) is 56.5 Å².